The molecule has 0 spiro atoms. The number of nitrogens with zero attached hydrogens (tertiary/aromatic N) is 1. The first-order valence-electron chi connectivity index (χ1n) is 8.54. The predicted molar refractivity (Wildman–Crippen MR) is 98.7 cm³/mol. The maximum atomic E-state index is 12.7. The average molecular weight is 355 g/mol. The fraction of sp³-hybridized carbons (Fsp3) is 0.611. The van der Waals surface area contributed by atoms with Gasteiger partial charge < -0.3 is 5.32 Å². The number of benzene rings is 1. The summed E-state index contributed by atoms with van der Waals surface area (Å²) in [5.41, 5.74) is 2.32. The van der Waals surface area contributed by atoms with Gasteiger partial charge in [-0.15, -0.1) is 0 Å². The summed E-state index contributed by atoms with van der Waals surface area (Å²) in [6.45, 7) is 12.4. The zero-order valence-electron chi connectivity index (χ0n) is 15.6. The first kappa shape index (κ1) is 20.6. The van der Waals surface area contributed by atoms with Crippen molar-refractivity contribution in [2.45, 2.75) is 59.3 Å². The summed E-state index contributed by atoms with van der Waals surface area (Å²) in [5, 5.41) is 2.87. The SMILES string of the molecule is CCN(CC)S(=O)(=O)c1cc(C)c(C)c(NC(=O)CCC(C)C)c1. The molecular formula is C18H30N2O3S. The Morgan fingerprint density at radius 3 is 2.25 bits per heavy atom. The Morgan fingerprint density at radius 2 is 1.75 bits per heavy atom. The van der Waals surface area contributed by atoms with Crippen LogP contribution in [0.4, 0.5) is 5.69 Å². The maximum absolute atomic E-state index is 12.7. The van der Waals surface area contributed by atoms with Crippen molar-refractivity contribution in [2.24, 2.45) is 5.92 Å². The molecule has 1 amide bonds. The van der Waals surface area contributed by atoms with Gasteiger partial charge in [0.15, 0.2) is 0 Å². The Balaban J connectivity index is 3.16. The van der Waals surface area contributed by atoms with Gasteiger partial charge in [-0.3, -0.25) is 4.79 Å². The number of anilines is 1. The van der Waals surface area contributed by atoms with E-state index in [2.05, 4.69) is 19.2 Å². The Hall–Kier alpha value is -1.40. The molecule has 0 aliphatic heterocycles. The van der Waals surface area contributed by atoms with Gasteiger partial charge in [-0.2, -0.15) is 4.31 Å². The molecule has 1 rings (SSSR count). The van der Waals surface area contributed by atoms with Gasteiger partial charge in [0, 0.05) is 25.2 Å². The van der Waals surface area contributed by atoms with Gasteiger partial charge in [0.2, 0.25) is 15.9 Å². The predicted octanol–water partition coefficient (Wildman–Crippen LogP) is 3.71. The third kappa shape index (κ3) is 5.05. The minimum atomic E-state index is -3.54. The molecule has 0 saturated heterocycles. The van der Waals surface area contributed by atoms with Gasteiger partial charge in [-0.1, -0.05) is 27.7 Å². The molecule has 1 N–H and O–H groups in total. The normalized spacial score (nSPS) is 12.0. The fourth-order valence-electron chi connectivity index (χ4n) is 2.45. The molecule has 0 atom stereocenters. The Bertz CT molecular complexity index is 678. The van der Waals surface area contributed by atoms with E-state index in [-0.39, 0.29) is 10.8 Å². The van der Waals surface area contributed by atoms with Crippen LogP contribution in [0.5, 0.6) is 0 Å². The second-order valence-electron chi connectivity index (χ2n) is 6.48. The number of hydrogen-bond acceptors (Lipinski definition) is 3. The third-order valence-electron chi connectivity index (χ3n) is 4.21. The smallest absolute Gasteiger partial charge is 0.243 e. The maximum Gasteiger partial charge on any atom is 0.243 e. The van der Waals surface area contributed by atoms with Crippen molar-refractivity contribution in [3.8, 4) is 0 Å². The first-order valence-corrected chi connectivity index (χ1v) is 9.98. The number of hydrogen-bond donors (Lipinski definition) is 1. The number of sulfonamides is 1. The zero-order chi connectivity index (χ0) is 18.5. The lowest BCUT2D eigenvalue weighted by Gasteiger charge is -2.20. The van der Waals surface area contributed by atoms with Crippen molar-refractivity contribution in [1.82, 2.24) is 4.31 Å². The lowest BCUT2D eigenvalue weighted by Crippen LogP contribution is -2.30. The molecule has 0 fully saturated rings. The molecule has 6 heteroatoms. The van der Waals surface area contributed by atoms with Crippen LogP contribution in [0.3, 0.4) is 0 Å². The summed E-state index contributed by atoms with van der Waals surface area (Å²) in [6.07, 6.45) is 1.24. The summed E-state index contributed by atoms with van der Waals surface area (Å²) in [6, 6.07) is 3.25. The number of rotatable bonds is 8. The molecular weight excluding hydrogens is 324 g/mol. The number of carbonyl (C=O) groups excluding carboxylic acids is 1. The van der Waals surface area contributed by atoms with E-state index in [1.54, 1.807) is 12.1 Å². The van der Waals surface area contributed by atoms with Crippen molar-refractivity contribution < 1.29 is 13.2 Å². The molecule has 0 saturated carbocycles. The van der Waals surface area contributed by atoms with Gasteiger partial charge in [-0.25, -0.2) is 8.42 Å². The molecule has 0 aliphatic carbocycles. The highest BCUT2D eigenvalue weighted by Gasteiger charge is 2.23. The summed E-state index contributed by atoms with van der Waals surface area (Å²) in [5.74, 6) is 0.372. The molecule has 0 aromatic heterocycles. The quantitative estimate of drug-likeness (QED) is 0.774. The van der Waals surface area contributed by atoms with Crippen molar-refractivity contribution in [1.29, 1.82) is 0 Å². The molecule has 1 aromatic carbocycles. The van der Waals surface area contributed by atoms with Crippen LogP contribution < -0.4 is 5.32 Å². The highest BCUT2D eigenvalue weighted by molar-refractivity contribution is 7.89. The van der Waals surface area contributed by atoms with Crippen molar-refractivity contribution >= 4 is 21.6 Å². The molecule has 1 aromatic rings. The van der Waals surface area contributed by atoms with E-state index >= 15 is 0 Å². The topological polar surface area (TPSA) is 66.5 Å². The molecule has 0 aliphatic rings. The summed E-state index contributed by atoms with van der Waals surface area (Å²) in [4.78, 5) is 12.3. The molecule has 0 radical (unpaired) electrons. The van der Waals surface area contributed by atoms with Crippen LogP contribution in [-0.4, -0.2) is 31.7 Å². The second kappa shape index (κ2) is 8.62. The van der Waals surface area contributed by atoms with Gasteiger partial charge in [0.1, 0.15) is 0 Å². The van der Waals surface area contributed by atoms with Crippen LogP contribution in [0.15, 0.2) is 17.0 Å². The van der Waals surface area contributed by atoms with Crippen LogP contribution in [0.2, 0.25) is 0 Å². The van der Waals surface area contributed by atoms with Crippen molar-refractivity contribution in [2.75, 3.05) is 18.4 Å². The summed E-state index contributed by atoms with van der Waals surface area (Å²) < 4.78 is 26.9. The lowest BCUT2D eigenvalue weighted by atomic mass is 10.1. The summed E-state index contributed by atoms with van der Waals surface area (Å²) in [7, 11) is -3.54. The van der Waals surface area contributed by atoms with E-state index in [0.717, 1.165) is 17.5 Å². The van der Waals surface area contributed by atoms with Gasteiger partial charge in [0.05, 0.1) is 4.90 Å². The Morgan fingerprint density at radius 1 is 1.17 bits per heavy atom. The van der Waals surface area contributed by atoms with E-state index in [1.807, 2.05) is 27.7 Å². The molecule has 0 heterocycles. The van der Waals surface area contributed by atoms with Crippen LogP contribution in [-0.2, 0) is 14.8 Å². The van der Waals surface area contributed by atoms with Crippen LogP contribution in [0, 0.1) is 19.8 Å². The van der Waals surface area contributed by atoms with E-state index in [4.69, 9.17) is 0 Å². The number of nitrogens with one attached hydrogen (secondary N) is 1. The minimum absolute atomic E-state index is 0.0800. The number of aryl methyl sites for hydroxylation is 1. The standard InChI is InChI=1S/C18H30N2O3S/c1-7-20(8-2)24(22,23)16-11-14(5)15(6)17(12-16)19-18(21)10-9-13(3)4/h11-13H,7-10H2,1-6H3,(H,19,21). The fourth-order valence-corrected chi connectivity index (χ4v) is 4.02. The zero-order valence-corrected chi connectivity index (χ0v) is 16.5. The van der Waals surface area contributed by atoms with Crippen molar-refractivity contribution in [3.05, 3.63) is 23.3 Å². The second-order valence-corrected chi connectivity index (χ2v) is 8.42. The van der Waals surface area contributed by atoms with E-state index in [0.29, 0.717) is 31.1 Å². The third-order valence-corrected chi connectivity index (χ3v) is 6.23. The largest absolute Gasteiger partial charge is 0.326 e. The van der Waals surface area contributed by atoms with Crippen LogP contribution in [0.1, 0.15) is 51.7 Å². The van der Waals surface area contributed by atoms with Crippen LogP contribution >= 0.6 is 0 Å². The lowest BCUT2D eigenvalue weighted by molar-refractivity contribution is -0.116. The highest BCUT2D eigenvalue weighted by Crippen LogP contribution is 2.26. The van der Waals surface area contributed by atoms with Gasteiger partial charge in [0.25, 0.3) is 0 Å². The highest BCUT2D eigenvalue weighted by atomic mass is 32.2. The first-order chi connectivity index (χ1) is 11.1. The van der Waals surface area contributed by atoms with Gasteiger partial charge in [-0.05, 0) is 49.4 Å². The molecule has 0 unspecified atom stereocenters. The number of carbonyl (C=O) groups is 1. The molecule has 136 valence electrons. The van der Waals surface area contributed by atoms with E-state index < -0.39 is 10.0 Å². The van der Waals surface area contributed by atoms with Gasteiger partial charge >= 0.3 is 0 Å². The monoisotopic (exact) mass is 354 g/mol. The van der Waals surface area contributed by atoms with Crippen molar-refractivity contribution in [3.63, 3.8) is 0 Å². The Kier molecular flexibility index (Phi) is 7.42. The molecule has 5 nitrogen and oxygen atoms in total. The minimum Gasteiger partial charge on any atom is -0.326 e. The molecule has 0 bridgehead atoms. The summed E-state index contributed by atoms with van der Waals surface area (Å²) >= 11 is 0. The Labute approximate surface area is 146 Å². The van der Waals surface area contributed by atoms with E-state index in [9.17, 15) is 13.2 Å². The van der Waals surface area contributed by atoms with Crippen LogP contribution in [0.25, 0.3) is 0 Å². The molecule has 24 heavy (non-hydrogen) atoms. The van der Waals surface area contributed by atoms with E-state index in [1.165, 1.54) is 4.31 Å². The average Bonchev–Trinajstić information content (AvgIpc) is 2.50. The number of amides is 1.